The lowest BCUT2D eigenvalue weighted by molar-refractivity contribution is -0.140. The van der Waals surface area contributed by atoms with Gasteiger partial charge in [0.2, 0.25) is 11.8 Å². The fourth-order valence-electron chi connectivity index (χ4n) is 2.08. The summed E-state index contributed by atoms with van der Waals surface area (Å²) < 4.78 is 0. The van der Waals surface area contributed by atoms with Crippen LogP contribution in [0, 0.1) is 5.41 Å². The van der Waals surface area contributed by atoms with E-state index in [-0.39, 0.29) is 11.8 Å². The number of carbonyl (C=O) groups excluding carboxylic acids is 2. The molecule has 2 amide bonds. The van der Waals surface area contributed by atoms with Crippen LogP contribution in [0.2, 0.25) is 0 Å². The Balaban J connectivity index is 1.75. The first kappa shape index (κ1) is 11.6. The van der Waals surface area contributed by atoms with Crippen LogP contribution in [0.1, 0.15) is 39.5 Å². The molecular formula is C12H20N2O2. The maximum atomic E-state index is 11.9. The zero-order chi connectivity index (χ0) is 11.8. The van der Waals surface area contributed by atoms with Gasteiger partial charge in [-0.05, 0) is 25.8 Å². The van der Waals surface area contributed by atoms with Gasteiger partial charge in [-0.3, -0.25) is 14.5 Å². The van der Waals surface area contributed by atoms with Gasteiger partial charge < -0.3 is 5.32 Å². The molecule has 1 heterocycles. The molecule has 16 heavy (non-hydrogen) atoms. The molecule has 0 aromatic heterocycles. The number of hydrogen-bond donors (Lipinski definition) is 1. The first-order chi connectivity index (χ1) is 7.50. The maximum absolute atomic E-state index is 11.9. The summed E-state index contributed by atoms with van der Waals surface area (Å²) in [5.74, 6) is -0.0228. The normalized spacial score (nSPS) is 24.2. The summed E-state index contributed by atoms with van der Waals surface area (Å²) in [6.07, 6.45) is 3.77. The summed E-state index contributed by atoms with van der Waals surface area (Å²) in [4.78, 5) is 24.9. The summed E-state index contributed by atoms with van der Waals surface area (Å²) >= 11 is 0. The summed E-state index contributed by atoms with van der Waals surface area (Å²) in [5, 5.41) is 3.38. The number of nitrogens with zero attached hydrogens (tertiary/aromatic N) is 1. The molecule has 1 aliphatic heterocycles. The second kappa shape index (κ2) is 4.17. The van der Waals surface area contributed by atoms with Crippen molar-refractivity contribution >= 4 is 11.8 Å². The van der Waals surface area contributed by atoms with Crippen molar-refractivity contribution in [3.8, 4) is 0 Å². The number of likely N-dealkylation sites (tertiary alicyclic amines) is 1. The highest BCUT2D eigenvalue weighted by Crippen LogP contribution is 2.31. The molecule has 2 aliphatic rings. The molecule has 2 fully saturated rings. The molecule has 0 bridgehead atoms. The van der Waals surface area contributed by atoms with Gasteiger partial charge in [-0.2, -0.15) is 0 Å². The van der Waals surface area contributed by atoms with Gasteiger partial charge in [-0.15, -0.1) is 0 Å². The molecule has 4 heteroatoms. The molecule has 1 N–H and O–H groups in total. The predicted molar refractivity (Wildman–Crippen MR) is 60.8 cm³/mol. The van der Waals surface area contributed by atoms with E-state index < -0.39 is 5.41 Å². The molecule has 0 radical (unpaired) electrons. The van der Waals surface area contributed by atoms with Crippen LogP contribution in [0.4, 0.5) is 0 Å². The molecule has 4 nitrogen and oxygen atoms in total. The van der Waals surface area contributed by atoms with E-state index in [0.717, 1.165) is 13.0 Å². The fourth-order valence-corrected chi connectivity index (χ4v) is 2.08. The zero-order valence-corrected chi connectivity index (χ0v) is 10.1. The molecule has 0 aromatic carbocycles. The Morgan fingerprint density at radius 2 is 2.06 bits per heavy atom. The summed E-state index contributed by atoms with van der Waals surface area (Å²) in [5.41, 5.74) is -0.485. The van der Waals surface area contributed by atoms with Gasteiger partial charge in [0.05, 0.1) is 5.41 Å². The largest absolute Gasteiger partial charge is 0.314 e. The smallest absolute Gasteiger partial charge is 0.235 e. The van der Waals surface area contributed by atoms with Gasteiger partial charge in [0.15, 0.2) is 0 Å². The first-order valence-electron chi connectivity index (χ1n) is 6.09. The quantitative estimate of drug-likeness (QED) is 0.558. The lowest BCUT2D eigenvalue weighted by atomic mass is 9.92. The van der Waals surface area contributed by atoms with Crippen molar-refractivity contribution in [1.82, 2.24) is 10.2 Å². The minimum Gasteiger partial charge on any atom is -0.314 e. The van der Waals surface area contributed by atoms with Gasteiger partial charge in [0.25, 0.3) is 0 Å². The van der Waals surface area contributed by atoms with Crippen LogP contribution in [0.3, 0.4) is 0 Å². The third-order valence-electron chi connectivity index (χ3n) is 3.29. The standard InChI is InChI=1S/C12H20N2O2/c1-12(2)8-10(15)14(11(12)16)7-3-6-13-9-4-5-9/h9,13H,3-8H2,1-2H3. The number of imide groups is 1. The average molecular weight is 224 g/mol. The van der Waals surface area contributed by atoms with Gasteiger partial charge in [0.1, 0.15) is 0 Å². The molecule has 1 saturated carbocycles. The molecule has 0 unspecified atom stereocenters. The molecule has 1 aliphatic carbocycles. The Kier molecular flexibility index (Phi) is 3.02. The number of carbonyl (C=O) groups is 2. The first-order valence-corrected chi connectivity index (χ1v) is 6.09. The number of amides is 2. The summed E-state index contributed by atoms with van der Waals surface area (Å²) in [7, 11) is 0. The van der Waals surface area contributed by atoms with Gasteiger partial charge in [-0.1, -0.05) is 13.8 Å². The van der Waals surface area contributed by atoms with E-state index in [4.69, 9.17) is 0 Å². The van der Waals surface area contributed by atoms with E-state index in [0.29, 0.717) is 19.0 Å². The maximum Gasteiger partial charge on any atom is 0.235 e. The minimum absolute atomic E-state index is 0.0103. The Morgan fingerprint density at radius 3 is 2.56 bits per heavy atom. The highest BCUT2D eigenvalue weighted by molar-refractivity contribution is 6.05. The second-order valence-corrected chi connectivity index (χ2v) is 5.49. The van der Waals surface area contributed by atoms with E-state index in [2.05, 4.69) is 5.32 Å². The van der Waals surface area contributed by atoms with E-state index in [1.165, 1.54) is 17.7 Å². The lowest BCUT2D eigenvalue weighted by Crippen LogP contribution is -2.35. The third kappa shape index (κ3) is 2.43. The van der Waals surface area contributed by atoms with Crippen molar-refractivity contribution in [2.24, 2.45) is 5.41 Å². The van der Waals surface area contributed by atoms with Crippen LogP contribution in [-0.4, -0.2) is 35.8 Å². The van der Waals surface area contributed by atoms with Crippen LogP contribution in [0.5, 0.6) is 0 Å². The number of hydrogen-bond acceptors (Lipinski definition) is 3. The molecule has 1 saturated heterocycles. The molecular weight excluding hydrogens is 204 g/mol. The van der Waals surface area contributed by atoms with Gasteiger partial charge >= 0.3 is 0 Å². The van der Waals surface area contributed by atoms with Crippen molar-refractivity contribution in [2.75, 3.05) is 13.1 Å². The van der Waals surface area contributed by atoms with Crippen molar-refractivity contribution in [3.63, 3.8) is 0 Å². The second-order valence-electron chi connectivity index (χ2n) is 5.49. The summed E-state index contributed by atoms with van der Waals surface area (Å²) in [6.45, 7) is 5.16. The van der Waals surface area contributed by atoms with E-state index in [1.807, 2.05) is 13.8 Å². The minimum atomic E-state index is -0.485. The Morgan fingerprint density at radius 1 is 1.38 bits per heavy atom. The number of rotatable bonds is 5. The fraction of sp³-hybridized carbons (Fsp3) is 0.833. The topological polar surface area (TPSA) is 49.4 Å². The Bertz CT molecular complexity index is 308. The van der Waals surface area contributed by atoms with Crippen LogP contribution in [-0.2, 0) is 9.59 Å². The monoisotopic (exact) mass is 224 g/mol. The van der Waals surface area contributed by atoms with E-state index in [1.54, 1.807) is 0 Å². The Labute approximate surface area is 96.4 Å². The molecule has 0 atom stereocenters. The van der Waals surface area contributed by atoms with Crippen molar-refractivity contribution < 1.29 is 9.59 Å². The van der Waals surface area contributed by atoms with Crippen molar-refractivity contribution in [2.45, 2.75) is 45.6 Å². The zero-order valence-electron chi connectivity index (χ0n) is 10.1. The molecule has 0 spiro atoms. The Hall–Kier alpha value is -0.900. The van der Waals surface area contributed by atoms with Gasteiger partial charge in [0, 0.05) is 19.0 Å². The molecule has 2 rings (SSSR count). The van der Waals surface area contributed by atoms with E-state index >= 15 is 0 Å². The van der Waals surface area contributed by atoms with Crippen LogP contribution >= 0.6 is 0 Å². The van der Waals surface area contributed by atoms with Crippen LogP contribution in [0.15, 0.2) is 0 Å². The third-order valence-corrected chi connectivity index (χ3v) is 3.29. The predicted octanol–water partition coefficient (Wildman–Crippen LogP) is 0.914. The average Bonchev–Trinajstić information content (AvgIpc) is 2.96. The van der Waals surface area contributed by atoms with Crippen molar-refractivity contribution in [1.29, 1.82) is 0 Å². The van der Waals surface area contributed by atoms with Crippen LogP contribution in [0.25, 0.3) is 0 Å². The van der Waals surface area contributed by atoms with E-state index in [9.17, 15) is 9.59 Å². The number of nitrogens with one attached hydrogen (secondary N) is 1. The highest BCUT2D eigenvalue weighted by Gasteiger charge is 2.44. The van der Waals surface area contributed by atoms with Gasteiger partial charge in [-0.25, -0.2) is 0 Å². The highest BCUT2D eigenvalue weighted by atomic mass is 16.2. The van der Waals surface area contributed by atoms with Crippen LogP contribution < -0.4 is 5.32 Å². The molecule has 0 aromatic rings. The SMILES string of the molecule is CC1(C)CC(=O)N(CCCNC2CC2)C1=O. The van der Waals surface area contributed by atoms with Crippen molar-refractivity contribution in [3.05, 3.63) is 0 Å². The summed E-state index contributed by atoms with van der Waals surface area (Å²) in [6, 6.07) is 0.696. The lowest BCUT2D eigenvalue weighted by Gasteiger charge is -2.17. The molecule has 90 valence electrons.